The van der Waals surface area contributed by atoms with Crippen molar-refractivity contribution in [2.75, 3.05) is 0 Å². The molecule has 0 fully saturated rings. The molecule has 0 aliphatic carbocycles. The fourth-order valence-corrected chi connectivity index (χ4v) is 1.53. The highest BCUT2D eigenvalue weighted by atomic mass is 16.4. The molecule has 0 spiro atoms. The molecule has 0 aliphatic rings. The van der Waals surface area contributed by atoms with Crippen LogP contribution in [-0.4, -0.2) is 23.2 Å². The van der Waals surface area contributed by atoms with Gasteiger partial charge < -0.3 is 5.11 Å². The van der Waals surface area contributed by atoms with Gasteiger partial charge in [-0.05, 0) is 26.2 Å². The van der Waals surface area contributed by atoms with Gasteiger partial charge >= 0.3 is 5.97 Å². The first kappa shape index (κ1) is 14.9. The van der Waals surface area contributed by atoms with Crippen LogP contribution in [0.15, 0.2) is 0 Å². The standard InChI is InChI=1S/C12H22N2O2/c1-4-11(8-13)14-10(3)7-5-6-9(2)12(15)16/h9-11,14H,4-7H2,1-3H3,(H,15,16). The first-order valence-electron chi connectivity index (χ1n) is 5.89. The second kappa shape index (κ2) is 8.12. The van der Waals surface area contributed by atoms with Gasteiger partial charge in [-0.25, -0.2) is 0 Å². The molecule has 0 saturated heterocycles. The smallest absolute Gasteiger partial charge is 0.306 e. The van der Waals surface area contributed by atoms with Gasteiger partial charge in [0.05, 0.1) is 18.0 Å². The molecule has 0 rings (SSSR count). The Morgan fingerprint density at radius 1 is 1.44 bits per heavy atom. The Morgan fingerprint density at radius 3 is 2.50 bits per heavy atom. The predicted octanol–water partition coefficient (Wildman–Crippen LogP) is 2.16. The van der Waals surface area contributed by atoms with Crippen molar-refractivity contribution in [1.29, 1.82) is 5.26 Å². The Labute approximate surface area is 97.7 Å². The zero-order valence-corrected chi connectivity index (χ0v) is 10.4. The van der Waals surface area contributed by atoms with E-state index in [-0.39, 0.29) is 18.0 Å². The number of rotatable bonds is 8. The minimum atomic E-state index is -0.732. The van der Waals surface area contributed by atoms with Gasteiger partial charge in [-0.2, -0.15) is 5.26 Å². The zero-order chi connectivity index (χ0) is 12.6. The molecule has 4 nitrogen and oxygen atoms in total. The lowest BCUT2D eigenvalue weighted by atomic mass is 10.0. The van der Waals surface area contributed by atoms with Crippen molar-refractivity contribution >= 4 is 5.97 Å². The molecule has 0 heterocycles. The van der Waals surface area contributed by atoms with E-state index >= 15 is 0 Å². The van der Waals surface area contributed by atoms with Gasteiger partial charge in [-0.1, -0.05) is 20.3 Å². The first-order chi connectivity index (χ1) is 7.51. The van der Waals surface area contributed by atoms with Crippen LogP contribution < -0.4 is 5.32 Å². The molecule has 0 aromatic carbocycles. The van der Waals surface area contributed by atoms with E-state index in [0.29, 0.717) is 6.42 Å². The quantitative estimate of drug-likeness (QED) is 0.665. The Kier molecular flexibility index (Phi) is 7.57. The lowest BCUT2D eigenvalue weighted by Crippen LogP contribution is -2.35. The SMILES string of the molecule is CCC(C#N)NC(C)CCCC(C)C(=O)O. The summed E-state index contributed by atoms with van der Waals surface area (Å²) in [5.41, 5.74) is 0. The van der Waals surface area contributed by atoms with Crippen LogP contribution in [0.2, 0.25) is 0 Å². The van der Waals surface area contributed by atoms with E-state index in [0.717, 1.165) is 19.3 Å². The molecule has 3 unspecified atom stereocenters. The second-order valence-corrected chi connectivity index (χ2v) is 4.33. The summed E-state index contributed by atoms with van der Waals surface area (Å²) in [7, 11) is 0. The van der Waals surface area contributed by atoms with E-state index in [2.05, 4.69) is 11.4 Å². The number of hydrogen-bond donors (Lipinski definition) is 2. The van der Waals surface area contributed by atoms with E-state index in [4.69, 9.17) is 10.4 Å². The average molecular weight is 226 g/mol. The van der Waals surface area contributed by atoms with Gasteiger partial charge in [-0.3, -0.25) is 10.1 Å². The Balaban J connectivity index is 3.70. The molecule has 2 N–H and O–H groups in total. The van der Waals surface area contributed by atoms with Crippen LogP contribution in [0.3, 0.4) is 0 Å². The molecule has 0 aliphatic heterocycles. The van der Waals surface area contributed by atoms with Crippen molar-refractivity contribution < 1.29 is 9.90 Å². The summed E-state index contributed by atoms with van der Waals surface area (Å²) in [6.45, 7) is 5.73. The molecule has 0 amide bonds. The van der Waals surface area contributed by atoms with Crippen LogP contribution in [0.5, 0.6) is 0 Å². The molecule has 0 bridgehead atoms. The highest BCUT2D eigenvalue weighted by Gasteiger charge is 2.12. The molecular weight excluding hydrogens is 204 g/mol. The Hall–Kier alpha value is -1.08. The fourth-order valence-electron chi connectivity index (χ4n) is 1.53. The predicted molar refractivity (Wildman–Crippen MR) is 62.9 cm³/mol. The van der Waals surface area contributed by atoms with E-state index < -0.39 is 5.97 Å². The third-order valence-electron chi connectivity index (χ3n) is 2.75. The number of carboxylic acids is 1. The van der Waals surface area contributed by atoms with Gasteiger partial charge in [0, 0.05) is 6.04 Å². The molecule has 0 aromatic heterocycles. The van der Waals surface area contributed by atoms with Crippen molar-refractivity contribution in [3.05, 3.63) is 0 Å². The largest absolute Gasteiger partial charge is 0.481 e. The minimum absolute atomic E-state index is 0.0908. The molecular formula is C12H22N2O2. The van der Waals surface area contributed by atoms with Crippen molar-refractivity contribution in [2.45, 2.75) is 58.5 Å². The number of aliphatic carboxylic acids is 1. The first-order valence-corrected chi connectivity index (χ1v) is 5.89. The van der Waals surface area contributed by atoms with E-state index in [9.17, 15) is 4.79 Å². The van der Waals surface area contributed by atoms with Crippen molar-refractivity contribution in [1.82, 2.24) is 5.32 Å². The number of hydrogen-bond acceptors (Lipinski definition) is 3. The Morgan fingerprint density at radius 2 is 2.06 bits per heavy atom. The van der Waals surface area contributed by atoms with Gasteiger partial charge in [0.25, 0.3) is 0 Å². The van der Waals surface area contributed by atoms with Crippen LogP contribution in [0.25, 0.3) is 0 Å². The molecule has 0 saturated carbocycles. The summed E-state index contributed by atoms with van der Waals surface area (Å²) in [5, 5.41) is 20.7. The maximum Gasteiger partial charge on any atom is 0.306 e. The summed E-state index contributed by atoms with van der Waals surface area (Å²) < 4.78 is 0. The molecule has 16 heavy (non-hydrogen) atoms. The van der Waals surface area contributed by atoms with E-state index in [1.54, 1.807) is 6.92 Å². The maximum atomic E-state index is 10.6. The topological polar surface area (TPSA) is 73.1 Å². The molecule has 0 aromatic rings. The molecule has 0 radical (unpaired) electrons. The third kappa shape index (κ3) is 6.41. The Bertz CT molecular complexity index is 248. The van der Waals surface area contributed by atoms with Gasteiger partial charge in [0.1, 0.15) is 0 Å². The maximum absolute atomic E-state index is 10.6. The average Bonchev–Trinajstić information content (AvgIpc) is 2.25. The monoisotopic (exact) mass is 226 g/mol. The molecule has 92 valence electrons. The zero-order valence-electron chi connectivity index (χ0n) is 10.4. The molecule has 3 atom stereocenters. The fraction of sp³-hybridized carbons (Fsp3) is 0.833. The van der Waals surface area contributed by atoms with Crippen molar-refractivity contribution in [3.63, 3.8) is 0 Å². The van der Waals surface area contributed by atoms with Crippen LogP contribution in [-0.2, 0) is 4.79 Å². The second-order valence-electron chi connectivity index (χ2n) is 4.33. The van der Waals surface area contributed by atoms with E-state index in [1.165, 1.54) is 0 Å². The van der Waals surface area contributed by atoms with Crippen molar-refractivity contribution in [2.24, 2.45) is 5.92 Å². The normalized spacial score (nSPS) is 16.1. The summed E-state index contributed by atoms with van der Waals surface area (Å²) in [6.07, 6.45) is 3.29. The van der Waals surface area contributed by atoms with Crippen LogP contribution in [0.4, 0.5) is 0 Å². The van der Waals surface area contributed by atoms with Crippen LogP contribution >= 0.6 is 0 Å². The summed E-state index contributed by atoms with van der Waals surface area (Å²) in [4.78, 5) is 10.6. The van der Waals surface area contributed by atoms with Gasteiger partial charge in [0.2, 0.25) is 0 Å². The van der Waals surface area contributed by atoms with E-state index in [1.807, 2.05) is 13.8 Å². The van der Waals surface area contributed by atoms with Gasteiger partial charge in [-0.15, -0.1) is 0 Å². The number of nitriles is 1. The third-order valence-corrected chi connectivity index (χ3v) is 2.75. The summed E-state index contributed by atoms with van der Waals surface area (Å²) in [5.74, 6) is -1.01. The highest BCUT2D eigenvalue weighted by molar-refractivity contribution is 5.69. The molecule has 4 heteroatoms. The van der Waals surface area contributed by atoms with Crippen molar-refractivity contribution in [3.8, 4) is 6.07 Å². The van der Waals surface area contributed by atoms with Crippen LogP contribution in [0, 0.1) is 17.2 Å². The number of carboxylic acid groups (broad SMARTS) is 1. The number of carbonyl (C=O) groups is 1. The minimum Gasteiger partial charge on any atom is -0.481 e. The van der Waals surface area contributed by atoms with Gasteiger partial charge in [0.15, 0.2) is 0 Å². The lowest BCUT2D eigenvalue weighted by Gasteiger charge is -2.17. The lowest BCUT2D eigenvalue weighted by molar-refractivity contribution is -0.141. The van der Waals surface area contributed by atoms with Crippen LogP contribution in [0.1, 0.15) is 46.5 Å². The number of nitrogens with zero attached hydrogens (tertiary/aromatic N) is 1. The summed E-state index contributed by atoms with van der Waals surface area (Å²) >= 11 is 0. The highest BCUT2D eigenvalue weighted by Crippen LogP contribution is 2.10. The summed E-state index contributed by atoms with van der Waals surface area (Å²) in [6, 6.07) is 2.37. The number of nitrogens with one attached hydrogen (secondary N) is 1.